The SMILES string of the molecule is C=CC[C@H]1C[C@H](I)[C@H]([C@H](O)COC(=O)C(C)(C)C)O1. The summed E-state index contributed by atoms with van der Waals surface area (Å²) in [7, 11) is 0. The number of carbonyl (C=O) groups is 1. The third-order valence-corrected chi connectivity index (χ3v) is 4.22. The first-order valence-corrected chi connectivity index (χ1v) is 7.76. The molecule has 0 aliphatic carbocycles. The molecule has 0 aromatic heterocycles. The normalized spacial score (nSPS) is 29.0. The first-order valence-electron chi connectivity index (χ1n) is 6.51. The Morgan fingerprint density at radius 1 is 1.63 bits per heavy atom. The van der Waals surface area contributed by atoms with Gasteiger partial charge in [0, 0.05) is 3.92 Å². The molecule has 0 unspecified atom stereocenters. The van der Waals surface area contributed by atoms with Gasteiger partial charge in [-0.25, -0.2) is 0 Å². The van der Waals surface area contributed by atoms with Crippen molar-refractivity contribution < 1.29 is 19.4 Å². The maximum absolute atomic E-state index is 11.6. The lowest BCUT2D eigenvalue weighted by Gasteiger charge is -2.23. The molecule has 0 spiro atoms. The van der Waals surface area contributed by atoms with E-state index >= 15 is 0 Å². The van der Waals surface area contributed by atoms with Crippen molar-refractivity contribution in [3.05, 3.63) is 12.7 Å². The molecule has 0 aromatic carbocycles. The van der Waals surface area contributed by atoms with E-state index in [-0.39, 0.29) is 28.7 Å². The lowest BCUT2D eigenvalue weighted by molar-refractivity contribution is -0.158. The Labute approximate surface area is 128 Å². The highest BCUT2D eigenvalue weighted by molar-refractivity contribution is 14.1. The highest BCUT2D eigenvalue weighted by Gasteiger charge is 2.38. The van der Waals surface area contributed by atoms with Gasteiger partial charge in [-0.2, -0.15) is 0 Å². The fraction of sp³-hybridized carbons (Fsp3) is 0.786. The van der Waals surface area contributed by atoms with Crippen LogP contribution in [0.4, 0.5) is 0 Å². The smallest absolute Gasteiger partial charge is 0.311 e. The molecule has 0 aromatic rings. The number of hydrogen-bond donors (Lipinski definition) is 1. The van der Waals surface area contributed by atoms with Gasteiger partial charge in [-0.05, 0) is 33.6 Å². The predicted octanol–water partition coefficient (Wildman–Crippen LogP) is 2.47. The second-order valence-corrected chi connectivity index (χ2v) is 7.51. The minimum atomic E-state index is -0.775. The first-order chi connectivity index (χ1) is 8.75. The zero-order valence-electron chi connectivity index (χ0n) is 11.8. The molecule has 1 saturated heterocycles. The van der Waals surface area contributed by atoms with Gasteiger partial charge < -0.3 is 14.6 Å². The van der Waals surface area contributed by atoms with Crippen LogP contribution in [0.1, 0.15) is 33.6 Å². The molecule has 0 radical (unpaired) electrons. The number of esters is 1. The molecule has 1 aliphatic rings. The number of ether oxygens (including phenoxy) is 2. The van der Waals surface area contributed by atoms with Gasteiger partial charge in [0.2, 0.25) is 0 Å². The Morgan fingerprint density at radius 2 is 2.26 bits per heavy atom. The van der Waals surface area contributed by atoms with E-state index in [9.17, 15) is 9.90 Å². The van der Waals surface area contributed by atoms with Crippen LogP contribution >= 0.6 is 22.6 Å². The Kier molecular flexibility index (Phi) is 6.26. The molecule has 1 N–H and O–H groups in total. The molecule has 19 heavy (non-hydrogen) atoms. The van der Waals surface area contributed by atoms with E-state index in [0.29, 0.717) is 0 Å². The third kappa shape index (κ3) is 5.04. The number of rotatable bonds is 5. The van der Waals surface area contributed by atoms with E-state index < -0.39 is 11.5 Å². The van der Waals surface area contributed by atoms with E-state index in [0.717, 1.165) is 12.8 Å². The van der Waals surface area contributed by atoms with Gasteiger partial charge in [0.15, 0.2) is 0 Å². The lowest BCUT2D eigenvalue weighted by atomic mass is 9.97. The topological polar surface area (TPSA) is 55.8 Å². The molecule has 5 heteroatoms. The monoisotopic (exact) mass is 382 g/mol. The van der Waals surface area contributed by atoms with E-state index in [2.05, 4.69) is 29.2 Å². The van der Waals surface area contributed by atoms with E-state index in [1.807, 2.05) is 6.08 Å². The largest absolute Gasteiger partial charge is 0.462 e. The minimum Gasteiger partial charge on any atom is -0.462 e. The molecule has 1 rings (SSSR count). The fourth-order valence-electron chi connectivity index (χ4n) is 1.89. The minimum absolute atomic E-state index is 0.0128. The molecule has 1 fully saturated rings. The Hall–Kier alpha value is -0.140. The Morgan fingerprint density at radius 3 is 2.79 bits per heavy atom. The van der Waals surface area contributed by atoms with Crippen LogP contribution in [0.3, 0.4) is 0 Å². The van der Waals surface area contributed by atoms with Gasteiger partial charge in [0.05, 0.1) is 17.6 Å². The molecular formula is C14H23IO4. The van der Waals surface area contributed by atoms with Crippen LogP contribution in [0, 0.1) is 5.41 Å². The van der Waals surface area contributed by atoms with Crippen molar-refractivity contribution >= 4 is 28.6 Å². The number of alkyl halides is 1. The molecule has 110 valence electrons. The van der Waals surface area contributed by atoms with Crippen molar-refractivity contribution in [2.45, 2.75) is 55.8 Å². The summed E-state index contributed by atoms with van der Waals surface area (Å²) in [6.07, 6.45) is 2.55. The first kappa shape index (κ1) is 16.9. The summed E-state index contributed by atoms with van der Waals surface area (Å²) in [6.45, 7) is 9.04. The van der Waals surface area contributed by atoms with Gasteiger partial charge >= 0.3 is 5.97 Å². The quantitative estimate of drug-likeness (QED) is 0.344. The van der Waals surface area contributed by atoms with Gasteiger partial charge in [0.25, 0.3) is 0 Å². The molecule has 4 atom stereocenters. The molecule has 4 nitrogen and oxygen atoms in total. The average Bonchev–Trinajstić information content (AvgIpc) is 2.66. The highest BCUT2D eigenvalue weighted by Crippen LogP contribution is 2.31. The molecule has 1 aliphatic heterocycles. The van der Waals surface area contributed by atoms with Gasteiger partial charge in [-0.15, -0.1) is 6.58 Å². The van der Waals surface area contributed by atoms with Crippen LogP contribution in [-0.2, 0) is 14.3 Å². The fourth-order valence-corrected chi connectivity index (χ4v) is 3.11. The number of carbonyl (C=O) groups excluding carboxylic acids is 1. The maximum atomic E-state index is 11.6. The standard InChI is InChI=1S/C14H23IO4/c1-5-6-9-7-10(15)12(19-9)11(16)8-18-13(17)14(2,3)4/h5,9-12,16H,1,6-8H2,2-4H3/t9-,10-,11+,12+/m0/s1. The summed E-state index contributed by atoms with van der Waals surface area (Å²) in [5.41, 5.74) is -0.550. The van der Waals surface area contributed by atoms with E-state index in [1.165, 1.54) is 0 Å². The van der Waals surface area contributed by atoms with Crippen LogP contribution in [0.25, 0.3) is 0 Å². The maximum Gasteiger partial charge on any atom is 0.311 e. The van der Waals surface area contributed by atoms with Crippen molar-refractivity contribution in [3.63, 3.8) is 0 Å². The Balaban J connectivity index is 2.44. The van der Waals surface area contributed by atoms with Gasteiger partial charge in [0.1, 0.15) is 12.7 Å². The molecule has 0 bridgehead atoms. The Bertz CT molecular complexity index is 324. The molecular weight excluding hydrogens is 359 g/mol. The highest BCUT2D eigenvalue weighted by atomic mass is 127. The number of hydrogen-bond acceptors (Lipinski definition) is 4. The van der Waals surface area contributed by atoms with E-state index in [1.54, 1.807) is 20.8 Å². The van der Waals surface area contributed by atoms with Crippen molar-refractivity contribution in [1.29, 1.82) is 0 Å². The predicted molar refractivity (Wildman–Crippen MR) is 82.3 cm³/mol. The zero-order chi connectivity index (χ0) is 14.6. The lowest BCUT2D eigenvalue weighted by Crippen LogP contribution is -2.37. The average molecular weight is 382 g/mol. The van der Waals surface area contributed by atoms with Crippen molar-refractivity contribution in [2.75, 3.05) is 6.61 Å². The van der Waals surface area contributed by atoms with Crippen molar-refractivity contribution in [3.8, 4) is 0 Å². The summed E-state index contributed by atoms with van der Waals surface area (Å²) < 4.78 is 11.1. The number of aliphatic hydroxyl groups excluding tert-OH is 1. The van der Waals surface area contributed by atoms with Crippen LogP contribution in [-0.4, -0.2) is 39.9 Å². The summed E-state index contributed by atoms with van der Waals surface area (Å²) >= 11 is 2.28. The van der Waals surface area contributed by atoms with Gasteiger partial charge in [-0.3, -0.25) is 4.79 Å². The van der Waals surface area contributed by atoms with Crippen LogP contribution in [0.5, 0.6) is 0 Å². The summed E-state index contributed by atoms with van der Waals surface area (Å²) in [4.78, 5) is 11.6. The van der Waals surface area contributed by atoms with Gasteiger partial charge in [-0.1, -0.05) is 28.7 Å². The summed E-state index contributed by atoms with van der Waals surface area (Å²) in [5, 5.41) is 10.1. The molecule has 1 heterocycles. The van der Waals surface area contributed by atoms with Crippen molar-refractivity contribution in [2.24, 2.45) is 5.41 Å². The van der Waals surface area contributed by atoms with Crippen LogP contribution < -0.4 is 0 Å². The second-order valence-electron chi connectivity index (χ2n) is 5.91. The van der Waals surface area contributed by atoms with Crippen LogP contribution in [0.15, 0.2) is 12.7 Å². The molecule has 0 saturated carbocycles. The second kappa shape index (κ2) is 7.04. The third-order valence-electron chi connectivity index (χ3n) is 3.00. The number of aliphatic hydroxyl groups is 1. The van der Waals surface area contributed by atoms with E-state index in [4.69, 9.17) is 9.47 Å². The number of halogens is 1. The van der Waals surface area contributed by atoms with Crippen LogP contribution in [0.2, 0.25) is 0 Å². The summed E-state index contributed by atoms with van der Waals surface area (Å²) in [6, 6.07) is 0. The zero-order valence-corrected chi connectivity index (χ0v) is 13.9. The van der Waals surface area contributed by atoms with Crippen molar-refractivity contribution in [1.82, 2.24) is 0 Å². The molecule has 0 amide bonds. The summed E-state index contributed by atoms with van der Waals surface area (Å²) in [5.74, 6) is -0.308.